The molecule has 1 N–H and O–H groups in total. The van der Waals surface area contributed by atoms with E-state index in [0.717, 1.165) is 24.5 Å². The highest BCUT2D eigenvalue weighted by Gasteiger charge is 2.24. The van der Waals surface area contributed by atoms with Crippen LogP contribution in [0.5, 0.6) is 5.75 Å². The van der Waals surface area contributed by atoms with E-state index in [1.165, 1.54) is 19.3 Å². The average Bonchev–Trinajstić information content (AvgIpc) is 3.04. The Morgan fingerprint density at radius 1 is 1.42 bits per heavy atom. The van der Waals surface area contributed by atoms with Gasteiger partial charge in [-0.05, 0) is 30.2 Å². The van der Waals surface area contributed by atoms with E-state index >= 15 is 0 Å². The Morgan fingerprint density at radius 3 is 2.96 bits per heavy atom. The first-order valence-electron chi connectivity index (χ1n) is 8.72. The Hall–Kier alpha value is -2.70. The van der Waals surface area contributed by atoms with Crippen molar-refractivity contribution < 1.29 is 13.9 Å². The molecule has 6 nitrogen and oxygen atoms in total. The molecule has 1 aliphatic heterocycles. The summed E-state index contributed by atoms with van der Waals surface area (Å²) in [6.45, 7) is 4.85. The van der Waals surface area contributed by atoms with E-state index in [1.54, 1.807) is 18.2 Å². The van der Waals surface area contributed by atoms with Gasteiger partial charge in [0.1, 0.15) is 11.6 Å². The molecule has 2 aromatic rings. The van der Waals surface area contributed by atoms with Crippen molar-refractivity contribution in [1.82, 2.24) is 20.1 Å². The molecule has 0 bridgehead atoms. The van der Waals surface area contributed by atoms with Crippen molar-refractivity contribution in [3.05, 3.63) is 47.3 Å². The average molecular weight is 358 g/mol. The largest absolute Gasteiger partial charge is 0.494 e. The van der Waals surface area contributed by atoms with Crippen LogP contribution < -0.4 is 10.1 Å². The lowest BCUT2D eigenvalue weighted by atomic mass is 10.1. The van der Waals surface area contributed by atoms with E-state index in [1.807, 2.05) is 0 Å². The molecule has 7 heteroatoms. The molecular formula is C19H23FN4O2. The summed E-state index contributed by atoms with van der Waals surface area (Å²) in [6, 6.07) is 4.51. The van der Waals surface area contributed by atoms with E-state index in [9.17, 15) is 9.18 Å². The van der Waals surface area contributed by atoms with E-state index in [2.05, 4.69) is 33.9 Å². The minimum absolute atomic E-state index is 0.0379. The molecule has 1 aliphatic rings. The third kappa shape index (κ3) is 3.92. The maximum Gasteiger partial charge on any atom is 0.244 e. The number of amides is 1. The van der Waals surface area contributed by atoms with Gasteiger partial charge in [-0.3, -0.25) is 4.79 Å². The monoisotopic (exact) mass is 358 g/mol. The van der Waals surface area contributed by atoms with Crippen molar-refractivity contribution in [2.24, 2.45) is 0 Å². The van der Waals surface area contributed by atoms with Crippen LogP contribution in [0.1, 0.15) is 43.4 Å². The number of aromatic nitrogens is 3. The maximum absolute atomic E-state index is 13.4. The molecule has 0 radical (unpaired) electrons. The fourth-order valence-electron chi connectivity index (χ4n) is 3.09. The highest BCUT2D eigenvalue weighted by atomic mass is 19.1. The quantitative estimate of drug-likeness (QED) is 0.835. The molecule has 3 rings (SSSR count). The molecule has 0 saturated heterocycles. The standard InChI is InChI=1S/C19H23FN4O2/c1-12(2)19-23-22-17-8-6-14(11-24(17)19)21-18(25)9-5-13-4-7-15(20)16(10-13)26-3/h4-5,7,9-10,12,14H,6,8,11H2,1-3H3,(H,21,25)/b9-5+. The molecule has 0 saturated carbocycles. The summed E-state index contributed by atoms with van der Waals surface area (Å²) >= 11 is 0. The smallest absolute Gasteiger partial charge is 0.244 e. The number of carbonyl (C=O) groups excluding carboxylic acids is 1. The lowest BCUT2D eigenvalue weighted by Crippen LogP contribution is -2.40. The maximum atomic E-state index is 13.4. The van der Waals surface area contributed by atoms with Crippen molar-refractivity contribution >= 4 is 12.0 Å². The zero-order valence-corrected chi connectivity index (χ0v) is 15.2. The minimum Gasteiger partial charge on any atom is -0.494 e. The number of rotatable bonds is 5. The van der Waals surface area contributed by atoms with Crippen LogP contribution in [0.25, 0.3) is 6.08 Å². The van der Waals surface area contributed by atoms with Crippen LogP contribution in [0.4, 0.5) is 4.39 Å². The summed E-state index contributed by atoms with van der Waals surface area (Å²) in [7, 11) is 1.41. The molecule has 1 amide bonds. The zero-order valence-electron chi connectivity index (χ0n) is 15.2. The molecule has 1 aromatic carbocycles. The van der Waals surface area contributed by atoms with E-state index in [0.29, 0.717) is 18.0 Å². The van der Waals surface area contributed by atoms with Crippen LogP contribution in [0.3, 0.4) is 0 Å². The predicted molar refractivity (Wildman–Crippen MR) is 96.3 cm³/mol. The molecule has 1 atom stereocenters. The van der Waals surface area contributed by atoms with Gasteiger partial charge in [0.15, 0.2) is 11.6 Å². The number of hydrogen-bond donors (Lipinski definition) is 1. The van der Waals surface area contributed by atoms with Gasteiger partial charge in [-0.15, -0.1) is 10.2 Å². The van der Waals surface area contributed by atoms with Gasteiger partial charge in [-0.1, -0.05) is 19.9 Å². The number of ether oxygens (including phenoxy) is 1. The number of hydrogen-bond acceptors (Lipinski definition) is 4. The molecule has 0 aliphatic carbocycles. The van der Waals surface area contributed by atoms with Crippen molar-refractivity contribution in [2.45, 2.75) is 45.2 Å². The molecule has 1 unspecified atom stereocenters. The van der Waals surface area contributed by atoms with Crippen LogP contribution in [0.15, 0.2) is 24.3 Å². The number of halogens is 1. The van der Waals surface area contributed by atoms with Crippen LogP contribution in [0.2, 0.25) is 0 Å². The van der Waals surface area contributed by atoms with Crippen molar-refractivity contribution in [1.29, 1.82) is 0 Å². The lowest BCUT2D eigenvalue weighted by molar-refractivity contribution is -0.117. The topological polar surface area (TPSA) is 69.0 Å². The van der Waals surface area contributed by atoms with Gasteiger partial charge in [0, 0.05) is 31.0 Å². The number of benzene rings is 1. The number of nitrogens with zero attached hydrogens (tertiary/aromatic N) is 3. The minimum atomic E-state index is -0.429. The van der Waals surface area contributed by atoms with Crippen LogP contribution in [-0.4, -0.2) is 33.8 Å². The first-order valence-corrected chi connectivity index (χ1v) is 8.72. The third-order valence-corrected chi connectivity index (χ3v) is 4.44. The molecule has 138 valence electrons. The summed E-state index contributed by atoms with van der Waals surface area (Å²) in [5.74, 6) is 1.77. The van der Waals surface area contributed by atoms with E-state index in [-0.39, 0.29) is 17.7 Å². The summed E-state index contributed by atoms with van der Waals surface area (Å²) in [4.78, 5) is 12.2. The summed E-state index contributed by atoms with van der Waals surface area (Å²) in [5.41, 5.74) is 0.699. The zero-order chi connectivity index (χ0) is 18.7. The first-order chi connectivity index (χ1) is 12.5. The van der Waals surface area contributed by atoms with Gasteiger partial charge in [0.05, 0.1) is 7.11 Å². The van der Waals surface area contributed by atoms with Gasteiger partial charge >= 0.3 is 0 Å². The molecule has 0 fully saturated rings. The third-order valence-electron chi connectivity index (χ3n) is 4.44. The molecule has 0 spiro atoms. The SMILES string of the molecule is COc1cc(/C=C/C(=O)NC2CCc3nnc(C(C)C)n3C2)ccc1F. The molecule has 1 aromatic heterocycles. The summed E-state index contributed by atoms with van der Waals surface area (Å²) < 4.78 is 20.5. The summed E-state index contributed by atoms with van der Waals surface area (Å²) in [6.07, 6.45) is 4.73. The Kier molecular flexibility index (Phi) is 5.35. The number of aryl methyl sites for hydroxylation is 1. The predicted octanol–water partition coefficient (Wildman–Crippen LogP) is 2.69. The number of fused-ring (bicyclic) bond motifs is 1. The number of carbonyl (C=O) groups is 1. The fourth-order valence-corrected chi connectivity index (χ4v) is 3.09. The Bertz CT molecular complexity index is 829. The van der Waals surface area contributed by atoms with Crippen LogP contribution in [-0.2, 0) is 17.8 Å². The second-order valence-electron chi connectivity index (χ2n) is 6.71. The highest BCUT2D eigenvalue weighted by molar-refractivity contribution is 5.91. The van der Waals surface area contributed by atoms with Gasteiger partial charge < -0.3 is 14.6 Å². The number of methoxy groups -OCH3 is 1. The van der Waals surface area contributed by atoms with Gasteiger partial charge in [-0.25, -0.2) is 4.39 Å². The Morgan fingerprint density at radius 2 is 2.23 bits per heavy atom. The Balaban J connectivity index is 1.63. The van der Waals surface area contributed by atoms with Crippen molar-refractivity contribution in [3.8, 4) is 5.75 Å². The van der Waals surface area contributed by atoms with Gasteiger partial charge in [0.2, 0.25) is 5.91 Å². The van der Waals surface area contributed by atoms with Gasteiger partial charge in [-0.2, -0.15) is 0 Å². The number of nitrogens with one attached hydrogen (secondary N) is 1. The van der Waals surface area contributed by atoms with E-state index in [4.69, 9.17) is 4.74 Å². The highest BCUT2D eigenvalue weighted by Crippen LogP contribution is 2.21. The van der Waals surface area contributed by atoms with Crippen molar-refractivity contribution in [3.63, 3.8) is 0 Å². The molecular weight excluding hydrogens is 335 g/mol. The summed E-state index contributed by atoms with van der Waals surface area (Å²) in [5, 5.41) is 11.5. The van der Waals surface area contributed by atoms with Crippen molar-refractivity contribution in [2.75, 3.05) is 7.11 Å². The lowest BCUT2D eigenvalue weighted by Gasteiger charge is -2.25. The second-order valence-corrected chi connectivity index (χ2v) is 6.71. The van der Waals surface area contributed by atoms with Crippen LogP contribution in [0, 0.1) is 5.82 Å². The van der Waals surface area contributed by atoms with Crippen LogP contribution >= 0.6 is 0 Å². The molecule has 26 heavy (non-hydrogen) atoms. The second kappa shape index (κ2) is 7.68. The van der Waals surface area contributed by atoms with E-state index < -0.39 is 5.82 Å². The van der Waals surface area contributed by atoms with Gasteiger partial charge in [0.25, 0.3) is 0 Å². The normalized spacial score (nSPS) is 16.7. The molecule has 2 heterocycles. The first kappa shape index (κ1) is 18.1. The Labute approximate surface area is 152 Å². The fraction of sp³-hybridized carbons (Fsp3) is 0.421.